The van der Waals surface area contributed by atoms with Crippen LogP contribution in [0, 0.1) is 5.82 Å². The van der Waals surface area contributed by atoms with Crippen LogP contribution in [0.1, 0.15) is 78.7 Å². The van der Waals surface area contributed by atoms with Gasteiger partial charge in [-0.1, -0.05) is 25.5 Å². The number of nitrogens with one attached hydrogen (secondary N) is 1. The average molecular weight is 445 g/mol. The molecule has 32 heavy (non-hydrogen) atoms. The number of piperidine rings is 1. The van der Waals surface area contributed by atoms with E-state index in [-0.39, 0.29) is 47.7 Å². The molecule has 1 aromatic rings. The molecule has 7 heteroatoms. The third-order valence-corrected chi connectivity index (χ3v) is 6.22. The van der Waals surface area contributed by atoms with Crippen LogP contribution in [0.25, 0.3) is 0 Å². The van der Waals surface area contributed by atoms with Gasteiger partial charge in [-0.25, -0.2) is 9.40 Å². The van der Waals surface area contributed by atoms with Crippen molar-refractivity contribution < 1.29 is 14.0 Å². The number of unbranched alkanes of at least 4 members (excludes halogenated alkanes) is 1. The van der Waals surface area contributed by atoms with Crippen molar-refractivity contribution in [3.8, 4) is 0 Å². The molecule has 0 atom stereocenters. The number of hydrogen-bond donors (Lipinski definition) is 1. The largest absolute Gasteiger partial charge is 0.334 e. The number of rotatable bonds is 7. The van der Waals surface area contributed by atoms with Gasteiger partial charge < -0.3 is 10.2 Å². The van der Waals surface area contributed by atoms with Crippen molar-refractivity contribution in [2.24, 2.45) is 5.10 Å². The zero-order chi connectivity index (χ0) is 23.5. The molecule has 0 aromatic heterocycles. The van der Waals surface area contributed by atoms with E-state index in [2.05, 4.69) is 45.0 Å². The molecule has 1 fully saturated rings. The summed E-state index contributed by atoms with van der Waals surface area (Å²) < 4.78 is 13.2. The number of benzene rings is 1. The van der Waals surface area contributed by atoms with E-state index in [1.54, 1.807) is 12.1 Å². The summed E-state index contributed by atoms with van der Waals surface area (Å²) in [7, 11) is 0. The van der Waals surface area contributed by atoms with Crippen molar-refractivity contribution in [2.75, 3.05) is 6.54 Å². The lowest BCUT2D eigenvalue weighted by molar-refractivity contribution is -0.133. The van der Waals surface area contributed by atoms with Crippen LogP contribution in [0.15, 0.2) is 29.4 Å². The molecule has 2 aliphatic rings. The van der Waals surface area contributed by atoms with Crippen LogP contribution in [0.4, 0.5) is 4.39 Å². The summed E-state index contributed by atoms with van der Waals surface area (Å²) in [5, 5.41) is 9.52. The number of hydrazone groups is 1. The molecule has 176 valence electrons. The Balaban J connectivity index is 1.83. The fraction of sp³-hybridized carbons (Fsp3) is 0.640. The molecule has 0 spiro atoms. The van der Waals surface area contributed by atoms with E-state index in [0.717, 1.165) is 31.2 Å². The van der Waals surface area contributed by atoms with Gasteiger partial charge >= 0.3 is 0 Å². The molecule has 2 aliphatic heterocycles. The first kappa shape index (κ1) is 24.4. The summed E-state index contributed by atoms with van der Waals surface area (Å²) in [5.41, 5.74) is 1.07. The fourth-order valence-electron chi connectivity index (χ4n) is 5.07. The van der Waals surface area contributed by atoms with E-state index >= 15 is 0 Å². The smallest absolute Gasteiger partial charge is 0.270 e. The standard InChI is InChI=1S/C25H37FN4O2/c1-6-7-14-29(20-15-24(2,3)28-25(4,5)16-20)23(32)21-12-13-22(31)30(27-21)17-18-8-10-19(26)11-9-18/h8-11,20,28H,6-7,12-17H2,1-5H3. The van der Waals surface area contributed by atoms with Crippen molar-refractivity contribution in [1.82, 2.24) is 15.2 Å². The number of carbonyl (C=O) groups is 2. The van der Waals surface area contributed by atoms with Crippen LogP contribution >= 0.6 is 0 Å². The molecule has 2 heterocycles. The van der Waals surface area contributed by atoms with Crippen molar-refractivity contribution in [2.45, 2.75) is 96.8 Å². The van der Waals surface area contributed by atoms with Gasteiger partial charge in [-0.15, -0.1) is 0 Å². The monoisotopic (exact) mass is 444 g/mol. The predicted molar refractivity (Wildman–Crippen MR) is 125 cm³/mol. The van der Waals surface area contributed by atoms with Gasteiger partial charge in [0.1, 0.15) is 11.5 Å². The van der Waals surface area contributed by atoms with Gasteiger partial charge in [-0.3, -0.25) is 9.59 Å². The lowest BCUT2D eigenvalue weighted by Crippen LogP contribution is -2.63. The Morgan fingerprint density at radius 2 is 1.78 bits per heavy atom. The lowest BCUT2D eigenvalue weighted by atomic mass is 9.78. The van der Waals surface area contributed by atoms with Crippen LogP contribution in [0.5, 0.6) is 0 Å². The predicted octanol–water partition coefficient (Wildman–Crippen LogP) is 4.24. The fourth-order valence-corrected chi connectivity index (χ4v) is 5.07. The molecule has 1 saturated heterocycles. The van der Waals surface area contributed by atoms with Crippen molar-refractivity contribution >= 4 is 17.5 Å². The minimum absolute atomic E-state index is 0.0615. The molecule has 0 saturated carbocycles. The molecule has 2 amide bonds. The second-order valence-electron chi connectivity index (χ2n) is 10.4. The van der Waals surface area contributed by atoms with Crippen LogP contribution in [-0.4, -0.2) is 51.1 Å². The van der Waals surface area contributed by atoms with Gasteiger partial charge in [0.15, 0.2) is 0 Å². The third kappa shape index (κ3) is 6.15. The maximum atomic E-state index is 13.7. The van der Waals surface area contributed by atoms with Gasteiger partial charge in [0.25, 0.3) is 5.91 Å². The molecule has 1 aromatic carbocycles. The first-order valence-corrected chi connectivity index (χ1v) is 11.7. The second-order valence-corrected chi connectivity index (χ2v) is 10.4. The van der Waals surface area contributed by atoms with Crippen LogP contribution in [-0.2, 0) is 16.1 Å². The van der Waals surface area contributed by atoms with Gasteiger partial charge in [0, 0.05) is 36.5 Å². The van der Waals surface area contributed by atoms with E-state index in [1.807, 2.05) is 4.90 Å². The molecular weight excluding hydrogens is 407 g/mol. The van der Waals surface area contributed by atoms with Crippen LogP contribution < -0.4 is 5.32 Å². The molecule has 0 aliphatic carbocycles. The summed E-state index contributed by atoms with van der Waals surface area (Å²) in [6, 6.07) is 6.13. The summed E-state index contributed by atoms with van der Waals surface area (Å²) in [6.45, 7) is 11.8. The van der Waals surface area contributed by atoms with Crippen molar-refractivity contribution in [1.29, 1.82) is 0 Å². The molecule has 0 bridgehead atoms. The van der Waals surface area contributed by atoms with E-state index in [4.69, 9.17) is 0 Å². The zero-order valence-electron chi connectivity index (χ0n) is 20.1. The lowest BCUT2D eigenvalue weighted by Gasteiger charge is -2.49. The molecule has 3 rings (SSSR count). The summed E-state index contributed by atoms with van der Waals surface area (Å²) in [5.74, 6) is -0.499. The highest BCUT2D eigenvalue weighted by atomic mass is 19.1. The van der Waals surface area contributed by atoms with Crippen molar-refractivity contribution in [3.63, 3.8) is 0 Å². The minimum Gasteiger partial charge on any atom is -0.334 e. The van der Waals surface area contributed by atoms with E-state index < -0.39 is 0 Å². The minimum atomic E-state index is -0.322. The Morgan fingerprint density at radius 3 is 2.38 bits per heavy atom. The molecule has 6 nitrogen and oxygen atoms in total. The highest BCUT2D eigenvalue weighted by molar-refractivity contribution is 6.39. The Morgan fingerprint density at radius 1 is 1.16 bits per heavy atom. The van der Waals surface area contributed by atoms with Crippen LogP contribution in [0.3, 0.4) is 0 Å². The Kier molecular flexibility index (Phi) is 7.38. The number of nitrogens with zero attached hydrogens (tertiary/aromatic N) is 3. The molecule has 0 unspecified atom stereocenters. The number of amides is 2. The summed E-state index contributed by atoms with van der Waals surface area (Å²) >= 11 is 0. The Hall–Kier alpha value is -2.28. The number of halogens is 1. The first-order chi connectivity index (χ1) is 15.0. The Labute approximate surface area is 191 Å². The summed E-state index contributed by atoms with van der Waals surface area (Å²) in [6.07, 6.45) is 4.30. The molecular formula is C25H37FN4O2. The normalized spacial score (nSPS) is 20.8. The van der Waals surface area contributed by atoms with Crippen molar-refractivity contribution in [3.05, 3.63) is 35.6 Å². The highest BCUT2D eigenvalue weighted by Crippen LogP contribution is 2.32. The third-order valence-electron chi connectivity index (χ3n) is 6.22. The maximum absolute atomic E-state index is 13.7. The van der Waals surface area contributed by atoms with Crippen LogP contribution in [0.2, 0.25) is 0 Å². The van der Waals surface area contributed by atoms with E-state index in [1.165, 1.54) is 17.1 Å². The topological polar surface area (TPSA) is 65.0 Å². The molecule has 0 radical (unpaired) electrons. The maximum Gasteiger partial charge on any atom is 0.270 e. The number of hydrogen-bond acceptors (Lipinski definition) is 4. The zero-order valence-corrected chi connectivity index (χ0v) is 20.1. The molecule has 1 N–H and O–H groups in total. The van der Waals surface area contributed by atoms with Gasteiger partial charge in [-0.05, 0) is 64.7 Å². The van der Waals surface area contributed by atoms with Gasteiger partial charge in [-0.2, -0.15) is 5.10 Å². The first-order valence-electron chi connectivity index (χ1n) is 11.7. The summed E-state index contributed by atoms with van der Waals surface area (Å²) in [4.78, 5) is 28.1. The van der Waals surface area contributed by atoms with Gasteiger partial charge in [0.2, 0.25) is 5.91 Å². The Bertz CT molecular complexity index is 847. The second kappa shape index (κ2) is 9.69. The number of carbonyl (C=O) groups excluding carboxylic acids is 2. The highest BCUT2D eigenvalue weighted by Gasteiger charge is 2.42. The van der Waals surface area contributed by atoms with E-state index in [0.29, 0.717) is 18.7 Å². The SMILES string of the molecule is CCCCN(C(=O)C1=NN(Cc2ccc(F)cc2)C(=O)CC1)C1CC(C)(C)NC(C)(C)C1. The van der Waals surface area contributed by atoms with E-state index in [9.17, 15) is 14.0 Å². The quantitative estimate of drug-likeness (QED) is 0.684. The average Bonchev–Trinajstić information content (AvgIpc) is 2.69. The van der Waals surface area contributed by atoms with Gasteiger partial charge in [0.05, 0.1) is 6.54 Å².